The average Bonchev–Trinajstić information content (AvgIpc) is 2.47. The van der Waals surface area contributed by atoms with E-state index in [-0.39, 0.29) is 6.61 Å². The van der Waals surface area contributed by atoms with Gasteiger partial charge in [-0.05, 0) is 13.3 Å². The van der Waals surface area contributed by atoms with Crippen LogP contribution >= 0.6 is 15.9 Å². The summed E-state index contributed by atoms with van der Waals surface area (Å²) in [5, 5.41) is 10.4. The van der Waals surface area contributed by atoms with Gasteiger partial charge in [0.2, 0.25) is 6.10 Å². The molecule has 144 valence electrons. The molecular weight excluding hydrogens is 404 g/mol. The minimum Gasteiger partial charge on any atom is -0.463 e. The van der Waals surface area contributed by atoms with Gasteiger partial charge in [-0.2, -0.15) is 0 Å². The van der Waals surface area contributed by atoms with Gasteiger partial charge in [0.25, 0.3) is 0 Å². The van der Waals surface area contributed by atoms with Crippen LogP contribution in [0.25, 0.3) is 0 Å². The lowest BCUT2D eigenvalue weighted by atomic mass is 10.0. The van der Waals surface area contributed by atoms with Gasteiger partial charge in [0.15, 0.2) is 12.2 Å². The number of hydrogen-bond donors (Lipinski definition) is 1. The van der Waals surface area contributed by atoms with E-state index in [1.807, 2.05) is 0 Å². The normalized spacial score (nSPS) is 15.3. The Morgan fingerprint density at radius 2 is 1.40 bits per heavy atom. The third-order valence-corrected chi connectivity index (χ3v) is 3.31. The summed E-state index contributed by atoms with van der Waals surface area (Å²) in [6.45, 7) is 4.48. The van der Waals surface area contributed by atoms with Crippen LogP contribution in [0.15, 0.2) is 0 Å². The van der Waals surface area contributed by atoms with Crippen LogP contribution in [0.1, 0.15) is 34.1 Å². The zero-order valence-corrected chi connectivity index (χ0v) is 16.1. The van der Waals surface area contributed by atoms with Crippen molar-refractivity contribution < 1.29 is 43.2 Å². The molecule has 0 fully saturated rings. The predicted octanol–water partition coefficient (Wildman–Crippen LogP) is 0.490. The van der Waals surface area contributed by atoms with Crippen molar-refractivity contribution in [2.75, 3.05) is 11.9 Å². The standard InChI is InChI=1S/C15H23BrO9/c1-8(17)12(23-9(2)18)13(24-10(3)19)14(25-11(4)20)15(21)22-7-5-6-16/h8,12-14,17H,5-7H2,1-4H3/t8-,12-,13+,14+/m0/s1. The summed E-state index contributed by atoms with van der Waals surface area (Å²) in [6.07, 6.45) is -5.52. The number of halogens is 1. The van der Waals surface area contributed by atoms with Crippen molar-refractivity contribution in [2.45, 2.75) is 58.5 Å². The second-order valence-electron chi connectivity index (χ2n) is 5.13. The number of ether oxygens (including phenoxy) is 4. The number of esters is 4. The molecule has 0 bridgehead atoms. The molecule has 0 saturated carbocycles. The van der Waals surface area contributed by atoms with E-state index >= 15 is 0 Å². The lowest BCUT2D eigenvalue weighted by Gasteiger charge is -2.32. The van der Waals surface area contributed by atoms with E-state index in [2.05, 4.69) is 15.9 Å². The number of alkyl halides is 1. The first kappa shape index (κ1) is 23.3. The van der Waals surface area contributed by atoms with Crippen LogP contribution in [0.2, 0.25) is 0 Å². The fourth-order valence-corrected chi connectivity index (χ4v) is 2.09. The van der Waals surface area contributed by atoms with E-state index in [1.54, 1.807) is 0 Å². The number of aliphatic hydroxyl groups is 1. The van der Waals surface area contributed by atoms with Crippen molar-refractivity contribution in [1.82, 2.24) is 0 Å². The summed E-state index contributed by atoms with van der Waals surface area (Å²) in [4.78, 5) is 46.3. The molecule has 0 amide bonds. The highest BCUT2D eigenvalue weighted by molar-refractivity contribution is 9.09. The minimum atomic E-state index is -1.70. The molecule has 10 heteroatoms. The average molecular weight is 427 g/mol. The molecule has 0 unspecified atom stereocenters. The maximum absolute atomic E-state index is 12.3. The second kappa shape index (κ2) is 11.8. The molecule has 0 heterocycles. The molecule has 0 rings (SSSR count). The van der Waals surface area contributed by atoms with Gasteiger partial charge in [0.05, 0.1) is 12.7 Å². The van der Waals surface area contributed by atoms with E-state index < -0.39 is 48.3 Å². The van der Waals surface area contributed by atoms with Crippen LogP contribution in [0.3, 0.4) is 0 Å². The molecule has 0 saturated heterocycles. The first-order valence-corrected chi connectivity index (χ1v) is 8.64. The molecular formula is C15H23BrO9. The predicted molar refractivity (Wildman–Crippen MR) is 87.7 cm³/mol. The summed E-state index contributed by atoms with van der Waals surface area (Å²) in [5.41, 5.74) is 0. The number of carbonyl (C=O) groups excluding carboxylic acids is 4. The summed E-state index contributed by atoms with van der Waals surface area (Å²) < 4.78 is 19.8. The van der Waals surface area contributed by atoms with Gasteiger partial charge in [-0.25, -0.2) is 4.79 Å². The van der Waals surface area contributed by atoms with E-state index in [4.69, 9.17) is 18.9 Å². The van der Waals surface area contributed by atoms with Crippen LogP contribution < -0.4 is 0 Å². The van der Waals surface area contributed by atoms with Gasteiger partial charge in [-0.1, -0.05) is 15.9 Å². The maximum atomic E-state index is 12.3. The monoisotopic (exact) mass is 426 g/mol. The van der Waals surface area contributed by atoms with E-state index in [0.29, 0.717) is 11.8 Å². The molecule has 1 N–H and O–H groups in total. The van der Waals surface area contributed by atoms with Crippen LogP contribution in [-0.2, 0) is 38.1 Å². The molecule has 0 radical (unpaired) electrons. The molecule has 9 nitrogen and oxygen atoms in total. The highest BCUT2D eigenvalue weighted by Crippen LogP contribution is 2.18. The zero-order chi connectivity index (χ0) is 19.6. The van der Waals surface area contributed by atoms with Crippen molar-refractivity contribution in [3.63, 3.8) is 0 Å². The van der Waals surface area contributed by atoms with Crippen molar-refractivity contribution >= 4 is 39.8 Å². The largest absolute Gasteiger partial charge is 0.463 e. The van der Waals surface area contributed by atoms with Crippen LogP contribution in [0.5, 0.6) is 0 Å². The summed E-state index contributed by atoms with van der Waals surface area (Å²) >= 11 is 3.17. The molecule has 0 aromatic rings. The van der Waals surface area contributed by atoms with Crippen molar-refractivity contribution in [2.24, 2.45) is 0 Å². The van der Waals surface area contributed by atoms with Gasteiger partial charge in [-0.15, -0.1) is 0 Å². The third kappa shape index (κ3) is 9.40. The Labute approximate surface area is 154 Å². The molecule has 0 aromatic carbocycles. The number of hydrogen-bond acceptors (Lipinski definition) is 9. The lowest BCUT2D eigenvalue weighted by Crippen LogP contribution is -2.53. The Hall–Kier alpha value is -1.68. The van der Waals surface area contributed by atoms with Crippen LogP contribution in [0.4, 0.5) is 0 Å². The van der Waals surface area contributed by atoms with Crippen LogP contribution in [-0.4, -0.2) is 65.3 Å². The highest BCUT2D eigenvalue weighted by Gasteiger charge is 2.44. The Morgan fingerprint density at radius 1 is 0.920 bits per heavy atom. The Morgan fingerprint density at radius 3 is 1.80 bits per heavy atom. The lowest BCUT2D eigenvalue weighted by molar-refractivity contribution is -0.200. The zero-order valence-electron chi connectivity index (χ0n) is 14.5. The Kier molecular flexibility index (Phi) is 11.0. The van der Waals surface area contributed by atoms with Gasteiger partial charge in [-0.3, -0.25) is 14.4 Å². The second-order valence-corrected chi connectivity index (χ2v) is 5.92. The molecule has 0 aliphatic rings. The SMILES string of the molecule is CC(=O)O[C@H]([C@@H](OC(C)=O)[C@@H](OC(C)=O)C(=O)OCCCBr)[C@H](C)O. The molecule has 4 atom stereocenters. The molecule has 0 aliphatic carbocycles. The molecule has 0 aliphatic heterocycles. The maximum Gasteiger partial charge on any atom is 0.351 e. The minimum absolute atomic E-state index is 0.0293. The molecule has 25 heavy (non-hydrogen) atoms. The van der Waals surface area contributed by atoms with Crippen molar-refractivity contribution in [1.29, 1.82) is 0 Å². The first-order chi connectivity index (χ1) is 11.6. The first-order valence-electron chi connectivity index (χ1n) is 7.52. The van der Waals surface area contributed by atoms with E-state index in [1.165, 1.54) is 6.92 Å². The summed E-state index contributed by atoms with van der Waals surface area (Å²) in [5.74, 6) is -3.43. The Bertz CT molecular complexity index is 478. The topological polar surface area (TPSA) is 125 Å². The number of aliphatic hydroxyl groups excluding tert-OH is 1. The molecule has 0 aromatic heterocycles. The van der Waals surface area contributed by atoms with Gasteiger partial charge < -0.3 is 24.1 Å². The number of rotatable bonds is 10. The van der Waals surface area contributed by atoms with Gasteiger partial charge in [0, 0.05) is 26.1 Å². The fourth-order valence-electron chi connectivity index (χ4n) is 1.86. The smallest absolute Gasteiger partial charge is 0.351 e. The van der Waals surface area contributed by atoms with Gasteiger partial charge in [0.1, 0.15) is 0 Å². The molecule has 0 spiro atoms. The summed E-state index contributed by atoms with van der Waals surface area (Å²) in [6, 6.07) is 0. The fraction of sp³-hybridized carbons (Fsp3) is 0.733. The third-order valence-electron chi connectivity index (χ3n) is 2.75. The van der Waals surface area contributed by atoms with Crippen molar-refractivity contribution in [3.05, 3.63) is 0 Å². The van der Waals surface area contributed by atoms with E-state index in [0.717, 1.165) is 20.8 Å². The number of carbonyl (C=O) groups is 4. The quantitative estimate of drug-likeness (QED) is 0.229. The highest BCUT2D eigenvalue weighted by atomic mass is 79.9. The summed E-state index contributed by atoms with van der Waals surface area (Å²) in [7, 11) is 0. The Balaban J connectivity index is 5.63. The van der Waals surface area contributed by atoms with Crippen molar-refractivity contribution in [3.8, 4) is 0 Å². The van der Waals surface area contributed by atoms with Gasteiger partial charge >= 0.3 is 23.9 Å². The van der Waals surface area contributed by atoms with E-state index in [9.17, 15) is 24.3 Å². The van der Waals surface area contributed by atoms with Crippen LogP contribution in [0, 0.1) is 0 Å².